The lowest BCUT2D eigenvalue weighted by atomic mass is 9.99. The predicted molar refractivity (Wildman–Crippen MR) is 120 cm³/mol. The molecule has 0 N–H and O–H groups in total. The molecule has 0 saturated carbocycles. The maximum absolute atomic E-state index is 6.08. The smallest absolute Gasteiger partial charge is 0.158 e. The van der Waals surface area contributed by atoms with Gasteiger partial charge in [-0.1, -0.05) is 42.5 Å². The van der Waals surface area contributed by atoms with Gasteiger partial charge in [-0.3, -0.25) is 0 Å². The lowest BCUT2D eigenvalue weighted by Gasteiger charge is -2.25. The Morgan fingerprint density at radius 1 is 0.786 bits per heavy atom. The van der Waals surface area contributed by atoms with Gasteiger partial charge in [-0.2, -0.15) is 0 Å². The summed E-state index contributed by atoms with van der Waals surface area (Å²) in [6.45, 7) is 6.67. The molecule has 0 aliphatic carbocycles. The normalized spacial score (nSPS) is 11.7. The zero-order valence-corrected chi connectivity index (χ0v) is 17.6. The summed E-state index contributed by atoms with van der Waals surface area (Å²) in [6, 6.07) is 23.4. The summed E-state index contributed by atoms with van der Waals surface area (Å²) >= 11 is 1.76. The molecule has 3 heteroatoms. The molecule has 4 rings (SSSR count). The summed E-state index contributed by atoms with van der Waals surface area (Å²) in [6.07, 6.45) is 6.06. The fourth-order valence-electron chi connectivity index (χ4n) is 3.56. The number of benzene rings is 2. The van der Waals surface area contributed by atoms with E-state index in [2.05, 4.69) is 98.5 Å². The van der Waals surface area contributed by atoms with Crippen LogP contribution in [0.1, 0.15) is 20.8 Å². The molecule has 2 aromatic heterocycles. The van der Waals surface area contributed by atoms with Gasteiger partial charge in [0, 0.05) is 27.8 Å². The highest BCUT2D eigenvalue weighted by molar-refractivity contribution is 7.98. The maximum Gasteiger partial charge on any atom is 0.158 e. The molecule has 0 amide bonds. The Labute approximate surface area is 171 Å². The summed E-state index contributed by atoms with van der Waals surface area (Å²) in [4.78, 5) is 1.27. The molecule has 0 unspecified atom stereocenters. The standard InChI is InChI=1S/C25H25NOS/c1-25(2,3)26-16-14-21(19-10-12-20(28-4)13-11-19)23(26)24-22(15-17-27-24)18-8-6-5-7-9-18/h5-17H,1-4H3. The Morgan fingerprint density at radius 2 is 1.46 bits per heavy atom. The van der Waals surface area contributed by atoms with Crippen molar-refractivity contribution in [3.63, 3.8) is 0 Å². The predicted octanol–water partition coefficient (Wildman–Crippen LogP) is 7.56. The van der Waals surface area contributed by atoms with Crippen LogP contribution in [0.4, 0.5) is 0 Å². The van der Waals surface area contributed by atoms with E-state index in [0.29, 0.717) is 0 Å². The minimum Gasteiger partial charge on any atom is -0.462 e. The van der Waals surface area contributed by atoms with E-state index in [0.717, 1.165) is 22.6 Å². The lowest BCUT2D eigenvalue weighted by molar-refractivity contribution is 0.399. The van der Waals surface area contributed by atoms with Gasteiger partial charge in [-0.25, -0.2) is 0 Å². The van der Waals surface area contributed by atoms with Gasteiger partial charge in [0.05, 0.1) is 12.0 Å². The third kappa shape index (κ3) is 3.43. The highest BCUT2D eigenvalue weighted by atomic mass is 32.2. The van der Waals surface area contributed by atoms with E-state index >= 15 is 0 Å². The number of hydrogen-bond acceptors (Lipinski definition) is 2. The van der Waals surface area contributed by atoms with E-state index in [1.165, 1.54) is 16.0 Å². The van der Waals surface area contributed by atoms with E-state index < -0.39 is 0 Å². The Kier molecular flexibility index (Phi) is 4.94. The maximum atomic E-state index is 6.08. The SMILES string of the molecule is CSc1ccc(-c2ccn(C(C)(C)C)c2-c2occc2-c2ccccc2)cc1. The van der Waals surface area contributed by atoms with Crippen molar-refractivity contribution in [2.24, 2.45) is 0 Å². The van der Waals surface area contributed by atoms with Gasteiger partial charge in [-0.15, -0.1) is 11.8 Å². The van der Waals surface area contributed by atoms with E-state index in [-0.39, 0.29) is 5.54 Å². The van der Waals surface area contributed by atoms with Crippen molar-refractivity contribution in [1.82, 2.24) is 4.57 Å². The summed E-state index contributed by atoms with van der Waals surface area (Å²) in [5, 5.41) is 0. The molecule has 0 aliphatic heterocycles. The van der Waals surface area contributed by atoms with Crippen molar-refractivity contribution < 1.29 is 4.42 Å². The fraction of sp³-hybridized carbons (Fsp3) is 0.200. The van der Waals surface area contributed by atoms with Gasteiger partial charge in [0.25, 0.3) is 0 Å². The Bertz CT molecular complexity index is 1070. The molecule has 28 heavy (non-hydrogen) atoms. The monoisotopic (exact) mass is 387 g/mol. The van der Waals surface area contributed by atoms with Crippen LogP contribution in [0.2, 0.25) is 0 Å². The number of rotatable bonds is 4. The minimum absolute atomic E-state index is 0.0620. The van der Waals surface area contributed by atoms with Gasteiger partial charge < -0.3 is 8.98 Å². The van der Waals surface area contributed by atoms with Crippen LogP contribution >= 0.6 is 11.8 Å². The van der Waals surface area contributed by atoms with Crippen molar-refractivity contribution in [3.05, 3.63) is 79.2 Å². The van der Waals surface area contributed by atoms with Gasteiger partial charge in [0.2, 0.25) is 0 Å². The molecular formula is C25H25NOS. The van der Waals surface area contributed by atoms with Crippen molar-refractivity contribution in [3.8, 4) is 33.7 Å². The van der Waals surface area contributed by atoms with Crippen LogP contribution in [0.5, 0.6) is 0 Å². The highest BCUT2D eigenvalue weighted by Gasteiger charge is 2.25. The number of nitrogens with zero attached hydrogens (tertiary/aromatic N) is 1. The number of hydrogen-bond donors (Lipinski definition) is 0. The first kappa shape index (κ1) is 18.7. The van der Waals surface area contributed by atoms with Crippen LogP contribution in [-0.2, 0) is 5.54 Å². The number of furan rings is 1. The largest absolute Gasteiger partial charge is 0.462 e. The van der Waals surface area contributed by atoms with Crippen LogP contribution in [0.3, 0.4) is 0 Å². The molecule has 4 aromatic rings. The molecule has 0 fully saturated rings. The Hall–Kier alpha value is -2.65. The molecule has 0 radical (unpaired) electrons. The Balaban J connectivity index is 1.93. The highest BCUT2D eigenvalue weighted by Crippen LogP contribution is 2.42. The van der Waals surface area contributed by atoms with Crippen LogP contribution in [0, 0.1) is 0 Å². The average molecular weight is 388 g/mol. The first-order valence-corrected chi connectivity index (χ1v) is 10.7. The van der Waals surface area contributed by atoms with E-state index in [4.69, 9.17) is 4.42 Å². The summed E-state index contributed by atoms with van der Waals surface area (Å²) in [5.41, 5.74) is 5.73. The average Bonchev–Trinajstić information content (AvgIpc) is 3.35. The molecule has 0 bridgehead atoms. The molecule has 2 nitrogen and oxygen atoms in total. The summed E-state index contributed by atoms with van der Waals surface area (Å²) < 4.78 is 8.40. The molecule has 0 aliphatic rings. The fourth-order valence-corrected chi connectivity index (χ4v) is 3.97. The minimum atomic E-state index is -0.0620. The quantitative estimate of drug-likeness (QED) is 0.336. The van der Waals surface area contributed by atoms with Crippen LogP contribution in [0.15, 0.2) is 88.5 Å². The van der Waals surface area contributed by atoms with Gasteiger partial charge in [-0.05, 0) is 62.4 Å². The van der Waals surface area contributed by atoms with Crippen molar-refractivity contribution in [1.29, 1.82) is 0 Å². The summed E-state index contributed by atoms with van der Waals surface area (Å²) in [5.74, 6) is 0.912. The topological polar surface area (TPSA) is 18.1 Å². The van der Waals surface area contributed by atoms with Gasteiger partial charge >= 0.3 is 0 Å². The Morgan fingerprint density at radius 3 is 2.11 bits per heavy atom. The van der Waals surface area contributed by atoms with Crippen molar-refractivity contribution in [2.45, 2.75) is 31.2 Å². The van der Waals surface area contributed by atoms with E-state index in [1.54, 1.807) is 18.0 Å². The molecule has 0 spiro atoms. The first-order valence-electron chi connectivity index (χ1n) is 9.48. The number of aromatic nitrogens is 1. The van der Waals surface area contributed by atoms with Gasteiger partial charge in [0.1, 0.15) is 0 Å². The van der Waals surface area contributed by atoms with Gasteiger partial charge in [0.15, 0.2) is 5.76 Å². The van der Waals surface area contributed by atoms with E-state index in [9.17, 15) is 0 Å². The summed E-state index contributed by atoms with van der Waals surface area (Å²) in [7, 11) is 0. The molecule has 0 saturated heterocycles. The van der Waals surface area contributed by atoms with Crippen molar-refractivity contribution >= 4 is 11.8 Å². The van der Waals surface area contributed by atoms with Crippen LogP contribution in [0.25, 0.3) is 33.7 Å². The molecule has 142 valence electrons. The lowest BCUT2D eigenvalue weighted by Crippen LogP contribution is -2.21. The zero-order valence-electron chi connectivity index (χ0n) is 16.8. The second-order valence-corrected chi connectivity index (χ2v) is 8.76. The van der Waals surface area contributed by atoms with Crippen molar-refractivity contribution in [2.75, 3.05) is 6.26 Å². The van der Waals surface area contributed by atoms with E-state index in [1.807, 2.05) is 6.07 Å². The van der Waals surface area contributed by atoms with Crippen LogP contribution < -0.4 is 0 Å². The molecule has 0 atom stereocenters. The molecule has 2 heterocycles. The van der Waals surface area contributed by atoms with Crippen LogP contribution in [-0.4, -0.2) is 10.8 Å². The third-order valence-corrected chi connectivity index (χ3v) is 5.72. The first-order chi connectivity index (χ1) is 13.5. The zero-order chi connectivity index (χ0) is 19.7. The molecular weight excluding hydrogens is 362 g/mol. The second-order valence-electron chi connectivity index (χ2n) is 7.88. The molecule has 2 aromatic carbocycles. The second kappa shape index (κ2) is 7.40. The number of thioether (sulfide) groups is 1. The third-order valence-electron chi connectivity index (χ3n) is 4.98.